The molecule has 0 fully saturated rings. The van der Waals surface area contributed by atoms with Crippen LogP contribution in [0.15, 0.2) is 4.99 Å². The van der Waals surface area contributed by atoms with Crippen LogP contribution in [0.25, 0.3) is 0 Å². The maximum atomic E-state index is 5.60. The number of ether oxygens (including phenoxy) is 1. The van der Waals surface area contributed by atoms with E-state index < -0.39 is 0 Å². The Morgan fingerprint density at radius 1 is 1.28 bits per heavy atom. The summed E-state index contributed by atoms with van der Waals surface area (Å²) in [6, 6.07) is 0. The van der Waals surface area contributed by atoms with Crippen molar-refractivity contribution in [2.75, 3.05) is 26.3 Å². The molecule has 0 bridgehead atoms. The van der Waals surface area contributed by atoms with Gasteiger partial charge in [0.1, 0.15) is 12.4 Å². The van der Waals surface area contributed by atoms with Gasteiger partial charge in [-0.3, -0.25) is 0 Å². The summed E-state index contributed by atoms with van der Waals surface area (Å²) in [5, 5.41) is 15.2. The molecule has 0 saturated heterocycles. The maximum absolute atomic E-state index is 5.60. The van der Waals surface area contributed by atoms with Crippen LogP contribution in [0.4, 0.5) is 0 Å². The standard InChI is InChI=1S/C17H32N6O.HI/c1-4-18-17(19-9-7-11-24-13-14(2)3)20-12-16-22-21-15-8-5-6-10-23(15)16;/h14H,4-13H2,1-3H3,(H2,18,19,20);1H. The molecule has 7 nitrogen and oxygen atoms in total. The van der Waals surface area contributed by atoms with Gasteiger partial charge in [-0.1, -0.05) is 13.8 Å². The van der Waals surface area contributed by atoms with E-state index in [1.807, 2.05) is 0 Å². The van der Waals surface area contributed by atoms with Gasteiger partial charge in [0.2, 0.25) is 0 Å². The lowest BCUT2D eigenvalue weighted by Gasteiger charge is -2.15. The Morgan fingerprint density at radius 3 is 2.88 bits per heavy atom. The Labute approximate surface area is 168 Å². The van der Waals surface area contributed by atoms with Crippen LogP contribution in [-0.4, -0.2) is 47.0 Å². The van der Waals surface area contributed by atoms with E-state index >= 15 is 0 Å². The number of nitrogens with zero attached hydrogens (tertiary/aromatic N) is 4. The first-order valence-electron chi connectivity index (χ1n) is 9.21. The van der Waals surface area contributed by atoms with Crippen LogP contribution in [0.3, 0.4) is 0 Å². The van der Waals surface area contributed by atoms with Gasteiger partial charge < -0.3 is 19.9 Å². The van der Waals surface area contributed by atoms with Crippen molar-refractivity contribution in [2.45, 2.75) is 59.5 Å². The zero-order valence-electron chi connectivity index (χ0n) is 15.8. The van der Waals surface area contributed by atoms with Gasteiger partial charge in [0.25, 0.3) is 0 Å². The summed E-state index contributed by atoms with van der Waals surface area (Å²) in [5.41, 5.74) is 0. The molecule has 2 N–H and O–H groups in total. The second-order valence-corrected chi connectivity index (χ2v) is 6.59. The molecule has 2 heterocycles. The number of fused-ring (bicyclic) bond motifs is 1. The van der Waals surface area contributed by atoms with Crippen LogP contribution >= 0.6 is 24.0 Å². The van der Waals surface area contributed by atoms with Crippen molar-refractivity contribution in [1.82, 2.24) is 25.4 Å². The van der Waals surface area contributed by atoms with Crippen molar-refractivity contribution in [3.8, 4) is 0 Å². The number of halogens is 1. The number of hydrogen-bond acceptors (Lipinski definition) is 4. The second-order valence-electron chi connectivity index (χ2n) is 6.59. The third-order valence-electron chi connectivity index (χ3n) is 3.87. The number of nitrogens with one attached hydrogen (secondary N) is 2. The average molecular weight is 464 g/mol. The van der Waals surface area contributed by atoms with Crippen molar-refractivity contribution in [3.63, 3.8) is 0 Å². The lowest BCUT2D eigenvalue weighted by molar-refractivity contribution is 0.108. The topological polar surface area (TPSA) is 76.4 Å². The Balaban J connectivity index is 0.00000312. The van der Waals surface area contributed by atoms with Crippen LogP contribution in [0, 0.1) is 5.92 Å². The van der Waals surface area contributed by atoms with E-state index in [1.54, 1.807) is 0 Å². The summed E-state index contributed by atoms with van der Waals surface area (Å²) in [5.74, 6) is 3.48. The van der Waals surface area contributed by atoms with Gasteiger partial charge in [-0.05, 0) is 32.1 Å². The van der Waals surface area contributed by atoms with Crippen LogP contribution in [0.5, 0.6) is 0 Å². The first-order chi connectivity index (χ1) is 11.7. The fourth-order valence-electron chi connectivity index (χ4n) is 2.68. The van der Waals surface area contributed by atoms with Crippen LogP contribution in [-0.2, 0) is 24.2 Å². The minimum atomic E-state index is 0. The normalized spacial score (nSPS) is 14.2. The van der Waals surface area contributed by atoms with Gasteiger partial charge in [0.05, 0.1) is 0 Å². The highest BCUT2D eigenvalue weighted by Gasteiger charge is 2.15. The summed E-state index contributed by atoms with van der Waals surface area (Å²) in [4.78, 5) is 4.64. The molecule has 0 aliphatic carbocycles. The number of aryl methyl sites for hydroxylation is 1. The van der Waals surface area contributed by atoms with Crippen LogP contribution in [0.2, 0.25) is 0 Å². The molecular weight excluding hydrogens is 431 g/mol. The number of hydrogen-bond donors (Lipinski definition) is 2. The van der Waals surface area contributed by atoms with Crippen molar-refractivity contribution in [3.05, 3.63) is 11.6 Å². The Morgan fingerprint density at radius 2 is 2.12 bits per heavy atom. The quantitative estimate of drug-likeness (QED) is 0.254. The number of aromatic nitrogens is 3. The molecule has 0 radical (unpaired) electrons. The molecule has 1 aliphatic heterocycles. The maximum Gasteiger partial charge on any atom is 0.191 e. The lowest BCUT2D eigenvalue weighted by Crippen LogP contribution is -2.38. The van der Waals surface area contributed by atoms with Crippen molar-refractivity contribution >= 4 is 29.9 Å². The summed E-state index contributed by atoms with van der Waals surface area (Å²) in [6.45, 7) is 11.3. The minimum Gasteiger partial charge on any atom is -0.381 e. The molecule has 0 amide bonds. The average Bonchev–Trinajstić information content (AvgIpc) is 2.98. The predicted octanol–water partition coefficient (Wildman–Crippen LogP) is 2.35. The Bertz CT molecular complexity index is 517. The number of guanidine groups is 1. The summed E-state index contributed by atoms with van der Waals surface area (Å²) in [6.07, 6.45) is 4.42. The number of aliphatic imine (C=N–C) groups is 1. The van der Waals surface area contributed by atoms with Gasteiger partial charge in [-0.2, -0.15) is 0 Å². The molecule has 0 unspecified atom stereocenters. The third-order valence-corrected chi connectivity index (χ3v) is 3.87. The van der Waals surface area contributed by atoms with Crippen LogP contribution < -0.4 is 10.6 Å². The molecule has 144 valence electrons. The molecule has 0 spiro atoms. The van der Waals surface area contributed by atoms with E-state index in [4.69, 9.17) is 4.74 Å². The number of rotatable bonds is 9. The molecular formula is C17H33IN6O. The van der Waals surface area contributed by atoms with E-state index in [-0.39, 0.29) is 24.0 Å². The molecule has 1 aliphatic rings. The smallest absolute Gasteiger partial charge is 0.191 e. The molecule has 8 heteroatoms. The predicted molar refractivity (Wildman–Crippen MR) is 111 cm³/mol. The van der Waals surface area contributed by atoms with Gasteiger partial charge >= 0.3 is 0 Å². The summed E-state index contributed by atoms with van der Waals surface area (Å²) >= 11 is 0. The fraction of sp³-hybridized carbons (Fsp3) is 0.824. The first-order valence-corrected chi connectivity index (χ1v) is 9.21. The first kappa shape index (κ1) is 22.1. The van der Waals surface area contributed by atoms with E-state index in [2.05, 4.69) is 51.2 Å². The zero-order valence-corrected chi connectivity index (χ0v) is 18.1. The molecule has 2 rings (SSSR count). The SMILES string of the molecule is CCNC(=NCc1nnc2n1CCCC2)NCCCOCC(C)C.I. The largest absolute Gasteiger partial charge is 0.381 e. The fourth-order valence-corrected chi connectivity index (χ4v) is 2.68. The molecule has 1 aromatic heterocycles. The van der Waals surface area contributed by atoms with E-state index in [1.165, 1.54) is 12.8 Å². The summed E-state index contributed by atoms with van der Waals surface area (Å²) in [7, 11) is 0. The van der Waals surface area contributed by atoms with Gasteiger partial charge in [-0.15, -0.1) is 34.2 Å². The highest BCUT2D eigenvalue weighted by atomic mass is 127. The van der Waals surface area contributed by atoms with Crippen molar-refractivity contribution in [1.29, 1.82) is 0 Å². The van der Waals surface area contributed by atoms with E-state index in [0.29, 0.717) is 12.5 Å². The Hall–Kier alpha value is -0.900. The van der Waals surface area contributed by atoms with E-state index in [0.717, 1.165) is 63.3 Å². The Kier molecular flexibility index (Phi) is 11.0. The second kappa shape index (κ2) is 12.5. The minimum absolute atomic E-state index is 0. The van der Waals surface area contributed by atoms with Crippen molar-refractivity contribution in [2.24, 2.45) is 10.9 Å². The molecule has 25 heavy (non-hydrogen) atoms. The zero-order chi connectivity index (χ0) is 17.2. The molecule has 0 atom stereocenters. The van der Waals surface area contributed by atoms with Crippen LogP contribution in [0.1, 0.15) is 51.7 Å². The van der Waals surface area contributed by atoms with Gasteiger partial charge in [-0.25, -0.2) is 4.99 Å². The monoisotopic (exact) mass is 464 g/mol. The highest BCUT2D eigenvalue weighted by molar-refractivity contribution is 14.0. The van der Waals surface area contributed by atoms with Crippen molar-refractivity contribution < 1.29 is 4.74 Å². The molecule has 0 aromatic carbocycles. The van der Waals surface area contributed by atoms with Gasteiger partial charge in [0.15, 0.2) is 11.8 Å². The van der Waals surface area contributed by atoms with E-state index in [9.17, 15) is 0 Å². The van der Waals surface area contributed by atoms with Gasteiger partial charge in [0, 0.05) is 39.3 Å². The summed E-state index contributed by atoms with van der Waals surface area (Å²) < 4.78 is 7.81. The highest BCUT2D eigenvalue weighted by Crippen LogP contribution is 2.14. The molecule has 0 saturated carbocycles. The lowest BCUT2D eigenvalue weighted by atomic mass is 10.2. The molecule has 1 aromatic rings. The third kappa shape index (κ3) is 7.89.